The van der Waals surface area contributed by atoms with Crippen LogP contribution in [0, 0.1) is 0 Å². The normalized spacial score (nSPS) is 12.6. The van der Waals surface area contributed by atoms with Gasteiger partial charge in [-0.15, -0.1) is 0 Å². The lowest BCUT2D eigenvalue weighted by molar-refractivity contribution is -0.163. The average molecular weight is 952 g/mol. The van der Waals surface area contributed by atoms with E-state index in [1.54, 1.807) is 0 Å². The molecule has 0 heterocycles. The van der Waals surface area contributed by atoms with Crippen LogP contribution in [0.4, 0.5) is 0 Å². The van der Waals surface area contributed by atoms with E-state index in [2.05, 4.69) is 81.5 Å². The molecule has 0 aromatic rings. The summed E-state index contributed by atoms with van der Waals surface area (Å²) in [7, 11) is 0. The lowest BCUT2D eigenvalue weighted by Gasteiger charge is -2.18. The number of allylic oxidation sites excluding steroid dienone is 10. The molecule has 0 bridgehead atoms. The number of rotatable bonds is 55. The number of hydrogen-bond acceptors (Lipinski definition) is 5. The summed E-state index contributed by atoms with van der Waals surface area (Å²) in [5.74, 6) is -0.394. The third-order valence-corrected chi connectivity index (χ3v) is 13.0. The second-order valence-electron chi connectivity index (χ2n) is 19.9. The fourth-order valence-corrected chi connectivity index (χ4v) is 8.62. The molecule has 1 atom stereocenters. The van der Waals surface area contributed by atoms with Gasteiger partial charge in [0.1, 0.15) is 6.61 Å². The smallest absolute Gasteiger partial charge is 0.306 e. The van der Waals surface area contributed by atoms with Gasteiger partial charge in [-0.05, 0) is 83.5 Å². The number of hydrogen-bond donors (Lipinski definition) is 0. The monoisotopic (exact) mass is 951 g/mol. The van der Waals surface area contributed by atoms with Gasteiger partial charge in [0.05, 0.1) is 6.61 Å². The first-order valence-electron chi connectivity index (χ1n) is 29.8. The van der Waals surface area contributed by atoms with Crippen LogP contribution in [0.5, 0.6) is 0 Å². The highest BCUT2D eigenvalue weighted by Gasteiger charge is 2.17. The van der Waals surface area contributed by atoms with Gasteiger partial charge in [0.2, 0.25) is 0 Å². The summed E-state index contributed by atoms with van der Waals surface area (Å²) < 4.78 is 17.5. The molecule has 5 heteroatoms. The first-order valence-corrected chi connectivity index (χ1v) is 29.8. The number of esters is 2. The predicted octanol–water partition coefficient (Wildman–Crippen LogP) is 20.5. The van der Waals surface area contributed by atoms with Crippen molar-refractivity contribution in [2.24, 2.45) is 0 Å². The van der Waals surface area contributed by atoms with E-state index in [0.29, 0.717) is 19.4 Å². The Morgan fingerprint density at radius 2 is 0.662 bits per heavy atom. The minimum Gasteiger partial charge on any atom is -0.462 e. The van der Waals surface area contributed by atoms with Crippen molar-refractivity contribution in [3.8, 4) is 0 Å². The van der Waals surface area contributed by atoms with Crippen LogP contribution in [0.25, 0.3) is 0 Å². The van der Waals surface area contributed by atoms with Crippen LogP contribution in [0.3, 0.4) is 0 Å². The van der Waals surface area contributed by atoms with Crippen LogP contribution in [-0.2, 0) is 23.8 Å². The van der Waals surface area contributed by atoms with E-state index in [1.165, 1.54) is 199 Å². The summed E-state index contributed by atoms with van der Waals surface area (Å²) >= 11 is 0. The number of carbonyl (C=O) groups excluding carboxylic acids is 2. The van der Waals surface area contributed by atoms with Crippen LogP contribution in [0.2, 0.25) is 0 Å². The third kappa shape index (κ3) is 56.2. The molecule has 396 valence electrons. The molecule has 0 fully saturated rings. The molecule has 0 aromatic carbocycles. The molecule has 0 radical (unpaired) electrons. The molecule has 0 spiro atoms. The molecule has 0 aliphatic carbocycles. The van der Waals surface area contributed by atoms with Gasteiger partial charge in [-0.2, -0.15) is 0 Å². The second kappa shape index (κ2) is 58.9. The van der Waals surface area contributed by atoms with Crippen LogP contribution >= 0.6 is 0 Å². The Morgan fingerprint density at radius 1 is 0.338 bits per heavy atom. The van der Waals surface area contributed by atoms with Gasteiger partial charge >= 0.3 is 11.9 Å². The van der Waals surface area contributed by atoms with Crippen molar-refractivity contribution in [2.75, 3.05) is 19.8 Å². The maximum Gasteiger partial charge on any atom is 0.306 e. The summed E-state index contributed by atoms with van der Waals surface area (Å²) in [4.78, 5) is 25.6. The Labute approximate surface area is 424 Å². The SMILES string of the molecule is CC/C=C\C/C=C\C/C=C\CCCCCCCCOCC(COC(=O)CCCCCCCCCCC/C=C\C/C=C\CCCCC)OC(=O)CCCCCCCCCCCCCCCCCCC. The molecule has 5 nitrogen and oxygen atoms in total. The predicted molar refractivity (Wildman–Crippen MR) is 298 cm³/mol. The van der Waals surface area contributed by atoms with E-state index < -0.39 is 6.10 Å². The Balaban J connectivity index is 4.26. The van der Waals surface area contributed by atoms with Crippen molar-refractivity contribution in [2.45, 2.75) is 309 Å². The van der Waals surface area contributed by atoms with E-state index in [0.717, 1.165) is 70.6 Å². The highest BCUT2D eigenvalue weighted by molar-refractivity contribution is 5.70. The maximum absolute atomic E-state index is 12.9. The van der Waals surface area contributed by atoms with E-state index >= 15 is 0 Å². The third-order valence-electron chi connectivity index (χ3n) is 13.0. The van der Waals surface area contributed by atoms with Crippen molar-refractivity contribution in [3.63, 3.8) is 0 Å². The Morgan fingerprint density at radius 3 is 1.09 bits per heavy atom. The Bertz CT molecular complexity index is 1170. The summed E-state index contributed by atoms with van der Waals surface area (Å²) in [6.45, 7) is 7.71. The van der Waals surface area contributed by atoms with E-state index in [1.807, 2.05) is 0 Å². The molecule has 0 rings (SSSR count). The number of unbranched alkanes of at least 4 members (excludes halogenated alkanes) is 34. The zero-order valence-corrected chi connectivity index (χ0v) is 45.6. The van der Waals surface area contributed by atoms with E-state index in [4.69, 9.17) is 14.2 Å². The van der Waals surface area contributed by atoms with Crippen molar-refractivity contribution < 1.29 is 23.8 Å². The topological polar surface area (TPSA) is 61.8 Å². The van der Waals surface area contributed by atoms with Gasteiger partial charge in [0.15, 0.2) is 6.10 Å². The minimum atomic E-state index is -0.544. The fraction of sp³-hybridized carbons (Fsp3) is 0.810. The molecule has 1 unspecified atom stereocenters. The molecule has 0 saturated carbocycles. The summed E-state index contributed by atoms with van der Waals surface area (Å²) in [6.07, 6.45) is 75.3. The van der Waals surface area contributed by atoms with Crippen molar-refractivity contribution in [3.05, 3.63) is 60.8 Å². The van der Waals surface area contributed by atoms with Gasteiger partial charge < -0.3 is 14.2 Å². The van der Waals surface area contributed by atoms with Crippen molar-refractivity contribution >= 4 is 11.9 Å². The molecule has 68 heavy (non-hydrogen) atoms. The summed E-state index contributed by atoms with van der Waals surface area (Å²) in [5, 5.41) is 0. The van der Waals surface area contributed by atoms with Gasteiger partial charge in [0.25, 0.3) is 0 Å². The lowest BCUT2D eigenvalue weighted by Crippen LogP contribution is -2.30. The molecule has 0 amide bonds. The summed E-state index contributed by atoms with van der Waals surface area (Å²) in [5.41, 5.74) is 0. The van der Waals surface area contributed by atoms with Crippen LogP contribution in [-0.4, -0.2) is 37.9 Å². The highest BCUT2D eigenvalue weighted by Crippen LogP contribution is 2.16. The van der Waals surface area contributed by atoms with Gasteiger partial charge in [-0.1, -0.05) is 268 Å². The Kier molecular flexibility index (Phi) is 56.8. The zero-order chi connectivity index (χ0) is 49.2. The largest absolute Gasteiger partial charge is 0.462 e. The molecular weight excluding hydrogens is 837 g/mol. The highest BCUT2D eigenvalue weighted by atomic mass is 16.6. The average Bonchev–Trinajstić information content (AvgIpc) is 3.34. The van der Waals surface area contributed by atoms with E-state index in [-0.39, 0.29) is 25.2 Å². The maximum atomic E-state index is 12.9. The minimum absolute atomic E-state index is 0.0800. The molecule has 0 N–H and O–H groups in total. The lowest BCUT2D eigenvalue weighted by atomic mass is 10.0. The molecule has 0 saturated heterocycles. The van der Waals surface area contributed by atoms with Gasteiger partial charge in [-0.3, -0.25) is 9.59 Å². The van der Waals surface area contributed by atoms with Gasteiger partial charge in [0, 0.05) is 19.4 Å². The molecular formula is C63H114O5. The second-order valence-corrected chi connectivity index (χ2v) is 19.9. The van der Waals surface area contributed by atoms with E-state index in [9.17, 15) is 9.59 Å². The summed E-state index contributed by atoms with van der Waals surface area (Å²) in [6, 6.07) is 0. The van der Waals surface area contributed by atoms with Crippen molar-refractivity contribution in [1.82, 2.24) is 0 Å². The fourth-order valence-electron chi connectivity index (χ4n) is 8.62. The van der Waals surface area contributed by atoms with Crippen molar-refractivity contribution in [1.29, 1.82) is 0 Å². The number of carbonyl (C=O) groups is 2. The first-order chi connectivity index (χ1) is 33.6. The van der Waals surface area contributed by atoms with Gasteiger partial charge in [-0.25, -0.2) is 0 Å². The first kappa shape index (κ1) is 65.6. The molecule has 0 aliphatic heterocycles. The molecule has 0 aliphatic rings. The number of ether oxygens (including phenoxy) is 3. The Hall–Kier alpha value is -2.40. The zero-order valence-electron chi connectivity index (χ0n) is 45.6. The van der Waals surface area contributed by atoms with Crippen LogP contribution in [0.15, 0.2) is 60.8 Å². The molecule has 0 aromatic heterocycles. The van der Waals surface area contributed by atoms with Crippen LogP contribution < -0.4 is 0 Å². The standard InChI is InChI=1S/C63H114O5/c1-4-7-10-13-16-19-22-25-28-31-32-34-35-38-41-44-47-50-53-56-62(64)67-60-61(59-66-58-55-52-49-46-43-40-37-30-27-24-21-18-15-12-9-6-3)68-63(65)57-54-51-48-45-42-39-36-33-29-26-23-20-17-14-11-8-5-2/h9,12,16,18-19,21,25,27-28,30,61H,4-8,10-11,13-15,17,20,22-24,26,29,31-60H2,1-3H3/b12-9-,19-16-,21-18-,28-25-,30-27-. The van der Waals surface area contributed by atoms with Crippen LogP contribution in [0.1, 0.15) is 303 Å². The quantitative estimate of drug-likeness (QED) is 0.0345.